The van der Waals surface area contributed by atoms with Crippen molar-refractivity contribution in [2.24, 2.45) is 0 Å². The lowest BCUT2D eigenvalue weighted by molar-refractivity contribution is 0.879. The van der Waals surface area contributed by atoms with E-state index in [2.05, 4.69) is 40.1 Å². The van der Waals surface area contributed by atoms with E-state index in [-0.39, 0.29) is 0 Å². The Morgan fingerprint density at radius 1 is 1.38 bits per heavy atom. The molecular weight excluding hydrogens is 228 g/mol. The van der Waals surface area contributed by atoms with E-state index in [0.717, 1.165) is 10.2 Å². The Kier molecular flexibility index (Phi) is 2.19. The number of rotatable bonds is 1. The maximum absolute atomic E-state index is 4.15. The predicted octanol–water partition coefficient (Wildman–Crippen LogP) is 2.94. The summed E-state index contributed by atoms with van der Waals surface area (Å²) >= 11 is 3.49. The van der Waals surface area contributed by atoms with Crippen LogP contribution in [0.15, 0.2) is 41.1 Å². The van der Waals surface area contributed by atoms with E-state index in [4.69, 9.17) is 0 Å². The van der Waals surface area contributed by atoms with Crippen molar-refractivity contribution < 1.29 is 0 Å². The van der Waals surface area contributed by atoms with Gasteiger partial charge in [0.25, 0.3) is 0 Å². The zero-order valence-corrected chi connectivity index (χ0v) is 8.82. The maximum Gasteiger partial charge on any atom is 0.0656 e. The third kappa shape index (κ3) is 1.65. The highest BCUT2D eigenvalue weighted by atomic mass is 79.9. The molecule has 0 saturated heterocycles. The summed E-state index contributed by atoms with van der Waals surface area (Å²) in [5.74, 6) is 0. The van der Waals surface area contributed by atoms with E-state index in [0.29, 0.717) is 0 Å². The van der Waals surface area contributed by atoms with E-state index in [9.17, 15) is 0 Å². The zero-order chi connectivity index (χ0) is 9.26. The zero-order valence-electron chi connectivity index (χ0n) is 7.24. The molecule has 0 spiro atoms. The molecule has 1 aromatic carbocycles. The molecule has 0 radical (unpaired) electrons. The summed E-state index contributed by atoms with van der Waals surface area (Å²) in [7, 11) is 0. The van der Waals surface area contributed by atoms with Crippen LogP contribution in [0.4, 0.5) is 0 Å². The molecule has 0 aliphatic carbocycles. The van der Waals surface area contributed by atoms with Crippen molar-refractivity contribution in [3.63, 3.8) is 0 Å². The molecule has 0 saturated carbocycles. The van der Waals surface area contributed by atoms with E-state index in [1.807, 2.05) is 23.0 Å². The van der Waals surface area contributed by atoms with Crippen molar-refractivity contribution in [2.45, 2.75) is 6.92 Å². The molecule has 0 aliphatic rings. The number of halogens is 1. The Labute approximate surface area is 85.3 Å². The summed E-state index contributed by atoms with van der Waals surface area (Å²) < 4.78 is 2.95. The Morgan fingerprint density at radius 2 is 2.23 bits per heavy atom. The average Bonchev–Trinajstić information content (AvgIpc) is 2.62. The predicted molar refractivity (Wildman–Crippen MR) is 56.0 cm³/mol. The fourth-order valence-corrected chi connectivity index (χ4v) is 1.51. The van der Waals surface area contributed by atoms with Crippen molar-refractivity contribution in [3.8, 4) is 5.69 Å². The molecule has 13 heavy (non-hydrogen) atoms. The van der Waals surface area contributed by atoms with Crippen LogP contribution in [-0.2, 0) is 0 Å². The molecule has 0 bridgehead atoms. The first kappa shape index (κ1) is 8.51. The first-order valence-corrected chi connectivity index (χ1v) is 4.83. The van der Waals surface area contributed by atoms with Gasteiger partial charge in [-0.3, -0.25) is 0 Å². The molecule has 66 valence electrons. The second-order valence-electron chi connectivity index (χ2n) is 2.88. The normalized spacial score (nSPS) is 10.3. The van der Waals surface area contributed by atoms with Crippen LogP contribution < -0.4 is 0 Å². The fraction of sp³-hybridized carbons (Fsp3) is 0.100. The van der Waals surface area contributed by atoms with Gasteiger partial charge in [-0.25, -0.2) is 4.68 Å². The molecule has 2 aromatic rings. The standard InChI is InChI=1S/C10H9BrN2/c1-8-3-4-9(7-10(8)11)13-6-2-5-12-13/h2-7H,1H3. The van der Waals surface area contributed by atoms with Gasteiger partial charge in [-0.05, 0) is 30.7 Å². The molecule has 3 heteroatoms. The van der Waals surface area contributed by atoms with Gasteiger partial charge in [0.15, 0.2) is 0 Å². The SMILES string of the molecule is Cc1ccc(-n2cccn2)cc1Br. The molecule has 0 atom stereocenters. The highest BCUT2D eigenvalue weighted by molar-refractivity contribution is 9.10. The molecule has 0 N–H and O–H groups in total. The van der Waals surface area contributed by atoms with Crippen LogP contribution in [0.5, 0.6) is 0 Å². The van der Waals surface area contributed by atoms with Gasteiger partial charge in [-0.2, -0.15) is 5.10 Å². The van der Waals surface area contributed by atoms with Gasteiger partial charge in [-0.1, -0.05) is 22.0 Å². The average molecular weight is 237 g/mol. The van der Waals surface area contributed by atoms with E-state index in [1.165, 1.54) is 5.56 Å². The highest BCUT2D eigenvalue weighted by Gasteiger charge is 1.98. The Balaban J connectivity index is 2.49. The van der Waals surface area contributed by atoms with Crippen LogP contribution in [0.3, 0.4) is 0 Å². The van der Waals surface area contributed by atoms with Crippen molar-refractivity contribution in [2.75, 3.05) is 0 Å². The lowest BCUT2D eigenvalue weighted by Gasteiger charge is -2.03. The van der Waals surface area contributed by atoms with Crippen molar-refractivity contribution in [3.05, 3.63) is 46.7 Å². The smallest absolute Gasteiger partial charge is 0.0656 e. The minimum atomic E-state index is 1.07. The summed E-state index contributed by atoms with van der Waals surface area (Å²) in [6, 6.07) is 8.09. The topological polar surface area (TPSA) is 17.8 Å². The third-order valence-corrected chi connectivity index (χ3v) is 2.78. The number of aryl methyl sites for hydroxylation is 1. The van der Waals surface area contributed by atoms with E-state index < -0.39 is 0 Å². The van der Waals surface area contributed by atoms with Crippen LogP contribution in [-0.4, -0.2) is 9.78 Å². The van der Waals surface area contributed by atoms with Crippen LogP contribution in [0.25, 0.3) is 5.69 Å². The summed E-state index contributed by atoms with van der Waals surface area (Å²) in [5.41, 5.74) is 2.30. The number of aromatic nitrogens is 2. The quantitative estimate of drug-likeness (QED) is 0.745. The lowest BCUT2D eigenvalue weighted by atomic mass is 10.2. The monoisotopic (exact) mass is 236 g/mol. The van der Waals surface area contributed by atoms with Gasteiger partial charge in [0.2, 0.25) is 0 Å². The van der Waals surface area contributed by atoms with Crippen LogP contribution in [0.2, 0.25) is 0 Å². The molecule has 1 heterocycles. The molecular formula is C10H9BrN2. The van der Waals surface area contributed by atoms with Gasteiger partial charge in [0.05, 0.1) is 5.69 Å². The second-order valence-corrected chi connectivity index (χ2v) is 3.74. The van der Waals surface area contributed by atoms with Gasteiger partial charge in [0.1, 0.15) is 0 Å². The van der Waals surface area contributed by atoms with Gasteiger partial charge in [0, 0.05) is 16.9 Å². The molecule has 0 aliphatic heterocycles. The van der Waals surface area contributed by atoms with Gasteiger partial charge < -0.3 is 0 Å². The van der Waals surface area contributed by atoms with Crippen molar-refractivity contribution in [1.29, 1.82) is 0 Å². The second kappa shape index (κ2) is 3.34. The molecule has 0 amide bonds. The van der Waals surface area contributed by atoms with Crippen LogP contribution in [0, 0.1) is 6.92 Å². The third-order valence-electron chi connectivity index (χ3n) is 1.92. The Bertz CT molecular complexity index is 407. The number of nitrogens with zero attached hydrogens (tertiary/aromatic N) is 2. The molecule has 2 nitrogen and oxygen atoms in total. The largest absolute Gasteiger partial charge is 0.241 e. The summed E-state index contributed by atoms with van der Waals surface area (Å²) in [5, 5.41) is 4.15. The Hall–Kier alpha value is -1.09. The van der Waals surface area contributed by atoms with Gasteiger partial charge in [-0.15, -0.1) is 0 Å². The molecule has 0 fully saturated rings. The molecule has 0 unspecified atom stereocenters. The van der Waals surface area contributed by atoms with E-state index >= 15 is 0 Å². The summed E-state index contributed by atoms with van der Waals surface area (Å²) in [4.78, 5) is 0. The summed E-state index contributed by atoms with van der Waals surface area (Å²) in [6.07, 6.45) is 3.70. The number of benzene rings is 1. The first-order chi connectivity index (χ1) is 6.27. The minimum Gasteiger partial charge on any atom is -0.241 e. The first-order valence-electron chi connectivity index (χ1n) is 4.03. The van der Waals surface area contributed by atoms with Crippen molar-refractivity contribution in [1.82, 2.24) is 9.78 Å². The lowest BCUT2D eigenvalue weighted by Crippen LogP contribution is -1.93. The minimum absolute atomic E-state index is 1.07. The number of hydrogen-bond acceptors (Lipinski definition) is 1. The van der Waals surface area contributed by atoms with Crippen LogP contribution >= 0.6 is 15.9 Å². The van der Waals surface area contributed by atoms with Crippen LogP contribution in [0.1, 0.15) is 5.56 Å². The fourth-order valence-electron chi connectivity index (χ4n) is 1.15. The number of hydrogen-bond donors (Lipinski definition) is 0. The molecule has 1 aromatic heterocycles. The maximum atomic E-state index is 4.15. The Morgan fingerprint density at radius 3 is 2.85 bits per heavy atom. The van der Waals surface area contributed by atoms with E-state index in [1.54, 1.807) is 6.20 Å². The molecule has 2 rings (SSSR count). The highest BCUT2D eigenvalue weighted by Crippen LogP contribution is 2.19. The summed E-state index contributed by atoms with van der Waals surface area (Å²) in [6.45, 7) is 2.07. The van der Waals surface area contributed by atoms with Gasteiger partial charge >= 0.3 is 0 Å². The van der Waals surface area contributed by atoms with Crippen molar-refractivity contribution >= 4 is 15.9 Å².